The van der Waals surface area contributed by atoms with Crippen LogP contribution < -0.4 is 4.90 Å². The minimum atomic E-state index is 0.220. The number of hydrogen-bond donors (Lipinski definition) is 0. The number of nitrogens with zero attached hydrogens (tertiary/aromatic N) is 1. The third-order valence-corrected chi connectivity index (χ3v) is 4.05. The maximum atomic E-state index is 12.3. The summed E-state index contributed by atoms with van der Waals surface area (Å²) in [7, 11) is 0. The van der Waals surface area contributed by atoms with Crippen molar-refractivity contribution in [1.82, 2.24) is 0 Å². The Bertz CT molecular complexity index is 474. The van der Waals surface area contributed by atoms with Crippen LogP contribution in [0.2, 0.25) is 0 Å². The van der Waals surface area contributed by atoms with E-state index in [9.17, 15) is 4.79 Å². The van der Waals surface area contributed by atoms with Crippen molar-refractivity contribution in [3.05, 3.63) is 27.3 Å². The number of halogens is 1. The lowest BCUT2D eigenvalue weighted by atomic mass is 10.1. The summed E-state index contributed by atoms with van der Waals surface area (Å²) >= 11 is 2.32. The Morgan fingerprint density at radius 2 is 2.15 bits per heavy atom. The first-order valence-corrected chi connectivity index (χ1v) is 8.32. The molecule has 0 unspecified atom stereocenters. The molecule has 1 aliphatic heterocycles. The van der Waals surface area contributed by atoms with Crippen molar-refractivity contribution in [3.63, 3.8) is 0 Å². The number of rotatable bonds is 5. The molecule has 1 aromatic rings. The van der Waals surface area contributed by atoms with Gasteiger partial charge in [-0.3, -0.25) is 4.79 Å². The fraction of sp³-hybridized carbons (Fsp3) is 0.562. The Morgan fingerprint density at radius 1 is 1.35 bits per heavy atom. The van der Waals surface area contributed by atoms with Gasteiger partial charge in [-0.05, 0) is 65.1 Å². The first-order chi connectivity index (χ1) is 9.58. The van der Waals surface area contributed by atoms with Crippen LogP contribution in [-0.2, 0) is 16.0 Å². The lowest BCUT2D eigenvalue weighted by Gasteiger charge is -2.23. The number of hydrogen-bond acceptors (Lipinski definition) is 2. The molecule has 3 nitrogen and oxygen atoms in total. The maximum absolute atomic E-state index is 12.3. The third-order valence-electron chi connectivity index (χ3n) is 3.38. The van der Waals surface area contributed by atoms with E-state index >= 15 is 0 Å². The highest BCUT2D eigenvalue weighted by atomic mass is 127. The summed E-state index contributed by atoms with van der Waals surface area (Å²) in [5, 5.41) is 0. The van der Waals surface area contributed by atoms with Gasteiger partial charge in [0.05, 0.1) is 6.61 Å². The monoisotopic (exact) mass is 387 g/mol. The molecule has 0 spiro atoms. The Hall–Kier alpha value is -0.620. The van der Waals surface area contributed by atoms with Crippen molar-refractivity contribution in [2.45, 2.75) is 33.1 Å². The Morgan fingerprint density at radius 3 is 2.90 bits per heavy atom. The maximum Gasteiger partial charge on any atom is 0.227 e. The van der Waals surface area contributed by atoms with E-state index in [-0.39, 0.29) is 5.91 Å². The number of benzene rings is 1. The van der Waals surface area contributed by atoms with Crippen LogP contribution in [0.4, 0.5) is 5.69 Å². The van der Waals surface area contributed by atoms with Crippen molar-refractivity contribution in [1.29, 1.82) is 0 Å². The molecular weight excluding hydrogens is 365 g/mol. The number of anilines is 1. The summed E-state index contributed by atoms with van der Waals surface area (Å²) in [5.41, 5.74) is 2.35. The number of aryl methyl sites for hydroxylation is 1. The molecule has 1 amide bonds. The lowest BCUT2D eigenvalue weighted by Crippen LogP contribution is -2.33. The first kappa shape index (κ1) is 15.8. The normalized spacial score (nSPS) is 15.4. The highest BCUT2D eigenvalue weighted by molar-refractivity contribution is 14.1. The van der Waals surface area contributed by atoms with Crippen molar-refractivity contribution in [2.24, 2.45) is 5.92 Å². The average molecular weight is 387 g/mol. The molecule has 0 N–H and O–H groups in total. The third kappa shape index (κ3) is 4.19. The molecule has 1 heterocycles. The summed E-state index contributed by atoms with van der Waals surface area (Å²) in [6, 6.07) is 6.33. The van der Waals surface area contributed by atoms with Crippen molar-refractivity contribution in [2.75, 3.05) is 24.7 Å². The van der Waals surface area contributed by atoms with Crippen LogP contribution in [0.25, 0.3) is 0 Å². The second kappa shape index (κ2) is 7.41. The Kier molecular flexibility index (Phi) is 5.84. The fourth-order valence-corrected chi connectivity index (χ4v) is 2.99. The van der Waals surface area contributed by atoms with Crippen LogP contribution >= 0.6 is 22.6 Å². The standard InChI is InChI=1S/C16H22INO2/c1-12(2)11-20-9-8-18-15-7-6-14(17)10-13(15)4-3-5-16(18)19/h6-7,10,12H,3-5,8-9,11H2,1-2H3. The number of carbonyl (C=O) groups excluding carboxylic acids is 1. The zero-order valence-corrected chi connectivity index (χ0v) is 14.4. The molecule has 4 heteroatoms. The Balaban J connectivity index is 2.08. The predicted molar refractivity (Wildman–Crippen MR) is 90.1 cm³/mol. The van der Waals surface area contributed by atoms with E-state index in [2.05, 4.69) is 54.6 Å². The molecule has 0 aromatic heterocycles. The quantitative estimate of drug-likeness (QED) is 0.571. The molecule has 0 aliphatic carbocycles. The predicted octanol–water partition coefficient (Wildman–Crippen LogP) is 3.63. The number of carbonyl (C=O) groups is 1. The lowest BCUT2D eigenvalue weighted by molar-refractivity contribution is -0.118. The highest BCUT2D eigenvalue weighted by Gasteiger charge is 2.21. The minimum absolute atomic E-state index is 0.220. The number of fused-ring (bicyclic) bond motifs is 1. The minimum Gasteiger partial charge on any atom is -0.379 e. The molecule has 0 atom stereocenters. The molecular formula is C16H22INO2. The topological polar surface area (TPSA) is 29.5 Å². The first-order valence-electron chi connectivity index (χ1n) is 7.24. The molecule has 2 rings (SSSR count). The number of ether oxygens (including phenoxy) is 1. The second-order valence-corrected chi connectivity index (χ2v) is 6.89. The van der Waals surface area contributed by atoms with E-state index in [1.807, 2.05) is 4.90 Å². The molecule has 0 fully saturated rings. The van der Waals surface area contributed by atoms with Crippen LogP contribution in [-0.4, -0.2) is 25.7 Å². The van der Waals surface area contributed by atoms with Gasteiger partial charge in [0.25, 0.3) is 0 Å². The molecule has 0 saturated heterocycles. The van der Waals surface area contributed by atoms with Crippen molar-refractivity contribution < 1.29 is 9.53 Å². The fourth-order valence-electron chi connectivity index (χ4n) is 2.44. The van der Waals surface area contributed by atoms with Crippen molar-refractivity contribution >= 4 is 34.2 Å². The van der Waals surface area contributed by atoms with Gasteiger partial charge in [0, 0.05) is 28.8 Å². The van der Waals surface area contributed by atoms with Gasteiger partial charge in [-0.1, -0.05) is 13.8 Å². The van der Waals surface area contributed by atoms with Gasteiger partial charge < -0.3 is 9.64 Å². The Labute approximate surface area is 134 Å². The summed E-state index contributed by atoms with van der Waals surface area (Å²) in [6.07, 6.45) is 2.56. The van der Waals surface area contributed by atoms with Gasteiger partial charge in [-0.15, -0.1) is 0 Å². The van der Waals surface area contributed by atoms with E-state index in [1.54, 1.807) is 0 Å². The molecule has 0 saturated carbocycles. The molecule has 1 aliphatic rings. The smallest absolute Gasteiger partial charge is 0.227 e. The van der Waals surface area contributed by atoms with Crippen molar-refractivity contribution in [3.8, 4) is 0 Å². The number of amides is 1. The summed E-state index contributed by atoms with van der Waals surface area (Å²) in [5.74, 6) is 0.752. The van der Waals surface area contributed by atoms with Gasteiger partial charge in [0.1, 0.15) is 0 Å². The van der Waals surface area contributed by atoms with Gasteiger partial charge in [0.15, 0.2) is 0 Å². The molecule has 0 bridgehead atoms. The highest BCUT2D eigenvalue weighted by Crippen LogP contribution is 2.28. The molecule has 0 radical (unpaired) electrons. The zero-order chi connectivity index (χ0) is 14.5. The SMILES string of the molecule is CC(C)COCCN1C(=O)CCCc2cc(I)ccc21. The van der Waals surface area contributed by atoms with E-state index in [0.717, 1.165) is 25.1 Å². The summed E-state index contributed by atoms with van der Waals surface area (Å²) < 4.78 is 6.86. The van der Waals surface area contributed by atoms with Gasteiger partial charge in [-0.2, -0.15) is 0 Å². The van der Waals surface area contributed by atoms with Crippen LogP contribution in [0.15, 0.2) is 18.2 Å². The molecule has 110 valence electrons. The average Bonchev–Trinajstić information content (AvgIpc) is 2.53. The summed E-state index contributed by atoms with van der Waals surface area (Å²) in [6.45, 7) is 6.28. The van der Waals surface area contributed by atoms with E-state index < -0.39 is 0 Å². The van der Waals surface area contributed by atoms with Crippen LogP contribution in [0.3, 0.4) is 0 Å². The van der Waals surface area contributed by atoms with Gasteiger partial charge >= 0.3 is 0 Å². The van der Waals surface area contributed by atoms with Crippen LogP contribution in [0.1, 0.15) is 32.3 Å². The van der Waals surface area contributed by atoms with E-state index in [4.69, 9.17) is 4.74 Å². The largest absolute Gasteiger partial charge is 0.379 e. The van der Waals surface area contributed by atoms with E-state index in [0.29, 0.717) is 25.5 Å². The summed E-state index contributed by atoms with van der Waals surface area (Å²) in [4.78, 5) is 14.2. The van der Waals surface area contributed by atoms with Gasteiger partial charge in [-0.25, -0.2) is 0 Å². The van der Waals surface area contributed by atoms with E-state index in [1.165, 1.54) is 9.13 Å². The van der Waals surface area contributed by atoms with Crippen LogP contribution in [0, 0.1) is 9.49 Å². The van der Waals surface area contributed by atoms with Crippen LogP contribution in [0.5, 0.6) is 0 Å². The molecule has 1 aromatic carbocycles. The second-order valence-electron chi connectivity index (χ2n) is 5.64. The van der Waals surface area contributed by atoms with Gasteiger partial charge in [0.2, 0.25) is 5.91 Å². The molecule has 20 heavy (non-hydrogen) atoms. The zero-order valence-electron chi connectivity index (χ0n) is 12.2.